The summed E-state index contributed by atoms with van der Waals surface area (Å²) in [6, 6.07) is 0. The lowest BCUT2D eigenvalue weighted by Crippen LogP contribution is -2.04. The van der Waals surface area contributed by atoms with Crippen LogP contribution in [0.1, 0.15) is 21.7 Å². The number of aldehydes is 1. The maximum Gasteiger partial charge on any atom is 0.260 e. The zero-order valence-corrected chi connectivity index (χ0v) is 6.95. The van der Waals surface area contributed by atoms with Gasteiger partial charge in [-0.05, 0) is 18.4 Å². The fourth-order valence-corrected chi connectivity index (χ4v) is 1.49. The van der Waals surface area contributed by atoms with Gasteiger partial charge in [0.05, 0.1) is 6.26 Å². The number of carbonyl (C=O) groups excluding carboxylic acids is 2. The zero-order chi connectivity index (χ0) is 9.26. The average molecular weight is 176 g/mol. The molecule has 0 amide bonds. The Morgan fingerprint density at radius 2 is 2.15 bits per heavy atom. The van der Waals surface area contributed by atoms with Gasteiger partial charge in [0.2, 0.25) is 0 Å². The Labute approximate surface area is 75.0 Å². The molecule has 3 heteroatoms. The van der Waals surface area contributed by atoms with Crippen LogP contribution in [0, 0.1) is 0 Å². The van der Waals surface area contributed by atoms with E-state index in [0.29, 0.717) is 6.42 Å². The quantitative estimate of drug-likeness (QED) is 0.295. The number of hydrogen-bond donors (Lipinski definition) is 0. The van der Waals surface area contributed by atoms with Crippen LogP contribution in [0.3, 0.4) is 0 Å². The molecule has 0 spiro atoms. The van der Waals surface area contributed by atoms with Gasteiger partial charge in [0, 0.05) is 5.56 Å². The van der Waals surface area contributed by atoms with Crippen LogP contribution in [-0.2, 0) is 17.6 Å². The van der Waals surface area contributed by atoms with Gasteiger partial charge in [-0.3, -0.25) is 9.59 Å². The van der Waals surface area contributed by atoms with Crippen molar-refractivity contribution in [2.45, 2.75) is 12.8 Å². The van der Waals surface area contributed by atoms with Crippen molar-refractivity contribution < 1.29 is 14.0 Å². The van der Waals surface area contributed by atoms with Crippen molar-refractivity contribution in [1.82, 2.24) is 0 Å². The molecule has 0 saturated heterocycles. The van der Waals surface area contributed by atoms with Crippen LogP contribution in [0.4, 0.5) is 0 Å². The van der Waals surface area contributed by atoms with Gasteiger partial charge >= 0.3 is 0 Å². The molecule has 0 unspecified atom stereocenters. The first kappa shape index (κ1) is 7.98. The molecule has 3 nitrogen and oxygen atoms in total. The Balaban J connectivity index is 2.45. The summed E-state index contributed by atoms with van der Waals surface area (Å²) in [4.78, 5) is 21.3. The standard InChI is InChI=1S/C10H8O3/c11-5-9(12)10-8-4-2-1-3-7(8)6-13-10/h1-2,5-6H,3-4H2. The van der Waals surface area contributed by atoms with Gasteiger partial charge < -0.3 is 4.42 Å². The molecule has 1 aliphatic rings. The van der Waals surface area contributed by atoms with Gasteiger partial charge in [-0.1, -0.05) is 12.2 Å². The van der Waals surface area contributed by atoms with E-state index in [0.717, 1.165) is 17.5 Å². The Morgan fingerprint density at radius 1 is 1.38 bits per heavy atom. The second kappa shape index (κ2) is 3.01. The van der Waals surface area contributed by atoms with E-state index in [1.165, 1.54) is 0 Å². The number of furan rings is 1. The minimum absolute atomic E-state index is 0.203. The number of carbonyl (C=O) groups is 2. The molecular weight excluding hydrogens is 168 g/mol. The first-order valence-corrected chi connectivity index (χ1v) is 4.06. The maximum atomic E-state index is 11.1. The number of rotatable bonds is 2. The monoisotopic (exact) mass is 176 g/mol. The molecule has 1 aliphatic carbocycles. The predicted molar refractivity (Wildman–Crippen MR) is 45.7 cm³/mol. The Bertz CT molecular complexity index is 385. The van der Waals surface area contributed by atoms with Crippen molar-refractivity contribution in [2.75, 3.05) is 0 Å². The minimum Gasteiger partial charge on any atom is -0.460 e. The van der Waals surface area contributed by atoms with Crippen LogP contribution in [0.15, 0.2) is 22.8 Å². The third-order valence-electron chi connectivity index (χ3n) is 2.14. The Hall–Kier alpha value is -1.64. The average Bonchev–Trinajstić information content (AvgIpc) is 2.60. The lowest BCUT2D eigenvalue weighted by molar-refractivity contribution is -0.104. The highest BCUT2D eigenvalue weighted by Crippen LogP contribution is 2.22. The van der Waals surface area contributed by atoms with Crippen molar-refractivity contribution >= 4 is 12.1 Å². The number of Topliss-reactive ketones (excluding diaryl/α,β-unsaturated/α-hetero) is 1. The second-order valence-corrected chi connectivity index (χ2v) is 2.93. The smallest absolute Gasteiger partial charge is 0.260 e. The van der Waals surface area contributed by atoms with Crippen molar-refractivity contribution in [3.8, 4) is 0 Å². The van der Waals surface area contributed by atoms with Crippen molar-refractivity contribution in [1.29, 1.82) is 0 Å². The number of ketones is 1. The molecule has 2 rings (SSSR count). The molecule has 0 fully saturated rings. The van der Waals surface area contributed by atoms with Crippen LogP contribution >= 0.6 is 0 Å². The van der Waals surface area contributed by atoms with Crippen LogP contribution in [0.25, 0.3) is 0 Å². The minimum atomic E-state index is -0.573. The summed E-state index contributed by atoms with van der Waals surface area (Å²) in [5, 5.41) is 0. The number of fused-ring (bicyclic) bond motifs is 1. The fraction of sp³-hybridized carbons (Fsp3) is 0.200. The first-order chi connectivity index (χ1) is 6.33. The summed E-state index contributed by atoms with van der Waals surface area (Å²) >= 11 is 0. The molecule has 1 aromatic rings. The van der Waals surface area contributed by atoms with Crippen LogP contribution < -0.4 is 0 Å². The van der Waals surface area contributed by atoms with Crippen molar-refractivity contribution in [3.05, 3.63) is 35.3 Å². The van der Waals surface area contributed by atoms with Gasteiger partial charge in [0.15, 0.2) is 12.0 Å². The highest BCUT2D eigenvalue weighted by Gasteiger charge is 2.19. The van der Waals surface area contributed by atoms with E-state index >= 15 is 0 Å². The van der Waals surface area contributed by atoms with E-state index in [9.17, 15) is 9.59 Å². The summed E-state index contributed by atoms with van der Waals surface area (Å²) < 4.78 is 5.05. The third kappa shape index (κ3) is 1.22. The molecule has 13 heavy (non-hydrogen) atoms. The van der Waals surface area contributed by atoms with Gasteiger partial charge in [-0.2, -0.15) is 0 Å². The van der Waals surface area contributed by atoms with Crippen LogP contribution in [-0.4, -0.2) is 12.1 Å². The number of hydrogen-bond acceptors (Lipinski definition) is 3. The van der Waals surface area contributed by atoms with E-state index in [-0.39, 0.29) is 12.0 Å². The van der Waals surface area contributed by atoms with E-state index in [2.05, 4.69) is 0 Å². The SMILES string of the molecule is O=CC(=O)c1occ2c1CC=CC2. The normalized spacial score (nSPS) is 13.8. The molecule has 0 radical (unpaired) electrons. The molecular formula is C10H8O3. The lowest BCUT2D eigenvalue weighted by Gasteiger charge is -2.03. The fourth-order valence-electron chi connectivity index (χ4n) is 1.49. The number of allylic oxidation sites excluding steroid dienone is 2. The Morgan fingerprint density at radius 3 is 2.92 bits per heavy atom. The molecule has 0 aliphatic heterocycles. The first-order valence-electron chi connectivity index (χ1n) is 4.06. The third-order valence-corrected chi connectivity index (χ3v) is 2.14. The summed E-state index contributed by atoms with van der Waals surface area (Å²) in [6.07, 6.45) is 7.30. The molecule has 0 saturated carbocycles. The van der Waals surface area contributed by atoms with Crippen molar-refractivity contribution in [3.63, 3.8) is 0 Å². The summed E-state index contributed by atoms with van der Waals surface area (Å²) in [5.41, 5.74) is 1.87. The second-order valence-electron chi connectivity index (χ2n) is 2.93. The predicted octanol–water partition coefficient (Wildman–Crippen LogP) is 1.32. The summed E-state index contributed by atoms with van der Waals surface area (Å²) in [7, 11) is 0. The molecule has 0 bridgehead atoms. The molecule has 1 aromatic heterocycles. The van der Waals surface area contributed by atoms with Crippen LogP contribution in [0.5, 0.6) is 0 Å². The zero-order valence-electron chi connectivity index (χ0n) is 6.95. The van der Waals surface area contributed by atoms with E-state index in [4.69, 9.17) is 4.42 Å². The van der Waals surface area contributed by atoms with Gasteiger partial charge in [-0.15, -0.1) is 0 Å². The van der Waals surface area contributed by atoms with Gasteiger partial charge in [-0.25, -0.2) is 0 Å². The largest absolute Gasteiger partial charge is 0.460 e. The molecule has 0 aromatic carbocycles. The molecule has 66 valence electrons. The molecule has 0 N–H and O–H groups in total. The molecule has 0 atom stereocenters. The van der Waals surface area contributed by atoms with Crippen LogP contribution in [0.2, 0.25) is 0 Å². The summed E-state index contributed by atoms with van der Waals surface area (Å²) in [5.74, 6) is -0.370. The molecule has 1 heterocycles. The highest BCUT2D eigenvalue weighted by molar-refractivity contribution is 6.32. The van der Waals surface area contributed by atoms with Gasteiger partial charge in [0.1, 0.15) is 0 Å². The topological polar surface area (TPSA) is 47.3 Å². The maximum absolute atomic E-state index is 11.1. The van der Waals surface area contributed by atoms with E-state index < -0.39 is 5.78 Å². The van der Waals surface area contributed by atoms with E-state index in [1.807, 2.05) is 12.2 Å². The lowest BCUT2D eigenvalue weighted by atomic mass is 9.98. The van der Waals surface area contributed by atoms with Gasteiger partial charge in [0.25, 0.3) is 5.78 Å². The highest BCUT2D eigenvalue weighted by atomic mass is 16.3. The van der Waals surface area contributed by atoms with Crippen molar-refractivity contribution in [2.24, 2.45) is 0 Å². The Kier molecular flexibility index (Phi) is 1.85. The summed E-state index contributed by atoms with van der Waals surface area (Å²) in [6.45, 7) is 0. The van der Waals surface area contributed by atoms with E-state index in [1.54, 1.807) is 6.26 Å².